The first-order valence-electron chi connectivity index (χ1n) is 3.44. The number of hydrogen-bond acceptors (Lipinski definition) is 4. The van der Waals surface area contributed by atoms with Crippen LogP contribution in [0.15, 0.2) is 22.7 Å². The standard InChI is InChI=1S/C8H4BrNO2S.Na/c9-4-1-2-5-6(3-4)13-7(10-5)8(11)12;/h1-3H,(H,11,12);/q;+1/p-1. The molecule has 6 heteroatoms. The number of carboxylic acid groups (broad SMARTS) is 1. The zero-order chi connectivity index (χ0) is 9.42. The number of carbonyl (C=O) groups excluding carboxylic acids is 1. The zero-order valence-electron chi connectivity index (χ0n) is 7.28. The summed E-state index contributed by atoms with van der Waals surface area (Å²) in [5, 5.41) is 10.5. The number of halogens is 1. The van der Waals surface area contributed by atoms with Crippen molar-refractivity contribution in [1.29, 1.82) is 0 Å². The second-order valence-electron chi connectivity index (χ2n) is 2.42. The summed E-state index contributed by atoms with van der Waals surface area (Å²) in [4.78, 5) is 14.4. The van der Waals surface area contributed by atoms with Crippen molar-refractivity contribution in [2.75, 3.05) is 0 Å². The molecule has 0 saturated carbocycles. The van der Waals surface area contributed by atoms with Crippen LogP contribution in [0, 0.1) is 0 Å². The van der Waals surface area contributed by atoms with Crippen LogP contribution in [-0.4, -0.2) is 11.0 Å². The van der Waals surface area contributed by atoms with Gasteiger partial charge in [-0.05, 0) is 18.2 Å². The first-order chi connectivity index (χ1) is 6.16. The predicted octanol–water partition coefficient (Wildman–Crippen LogP) is -1.57. The van der Waals surface area contributed by atoms with Crippen molar-refractivity contribution in [3.8, 4) is 0 Å². The maximum Gasteiger partial charge on any atom is 1.00 e. The largest absolute Gasteiger partial charge is 1.00 e. The summed E-state index contributed by atoms with van der Waals surface area (Å²) in [7, 11) is 0. The molecule has 0 amide bonds. The number of aromatic carboxylic acids is 1. The van der Waals surface area contributed by atoms with E-state index in [4.69, 9.17) is 0 Å². The average molecular weight is 280 g/mol. The summed E-state index contributed by atoms with van der Waals surface area (Å²) in [6, 6.07) is 5.42. The van der Waals surface area contributed by atoms with E-state index in [-0.39, 0.29) is 34.6 Å². The SMILES string of the molecule is O=C([O-])c1nc2ccc(Br)cc2s1.[Na+]. The zero-order valence-corrected chi connectivity index (χ0v) is 11.7. The van der Waals surface area contributed by atoms with Crippen LogP contribution in [-0.2, 0) is 0 Å². The molecule has 3 nitrogen and oxygen atoms in total. The molecule has 14 heavy (non-hydrogen) atoms. The Morgan fingerprint density at radius 3 is 2.86 bits per heavy atom. The van der Waals surface area contributed by atoms with E-state index < -0.39 is 5.97 Å². The molecule has 2 rings (SSSR count). The summed E-state index contributed by atoms with van der Waals surface area (Å²) >= 11 is 4.41. The number of thiazole rings is 1. The van der Waals surface area contributed by atoms with Crippen LogP contribution < -0.4 is 34.7 Å². The Labute approximate surface area is 115 Å². The van der Waals surface area contributed by atoms with Gasteiger partial charge in [0.15, 0.2) is 0 Å². The van der Waals surface area contributed by atoms with Crippen LogP contribution in [0.5, 0.6) is 0 Å². The predicted molar refractivity (Wildman–Crippen MR) is 51.7 cm³/mol. The Kier molecular flexibility index (Phi) is 4.09. The third kappa shape index (κ3) is 2.35. The normalized spacial score (nSPS) is 9.79. The molecule has 1 aromatic carbocycles. The van der Waals surface area contributed by atoms with Crippen molar-refractivity contribution in [3.63, 3.8) is 0 Å². The number of hydrogen-bond donors (Lipinski definition) is 0. The Morgan fingerprint density at radius 1 is 1.50 bits per heavy atom. The van der Waals surface area contributed by atoms with E-state index >= 15 is 0 Å². The first-order valence-corrected chi connectivity index (χ1v) is 5.05. The molecule has 0 atom stereocenters. The van der Waals surface area contributed by atoms with Gasteiger partial charge in [-0.1, -0.05) is 15.9 Å². The van der Waals surface area contributed by atoms with Gasteiger partial charge in [0.05, 0.1) is 10.2 Å². The molecule has 0 unspecified atom stereocenters. The average Bonchev–Trinajstić information content (AvgIpc) is 2.46. The minimum Gasteiger partial charge on any atom is -0.542 e. The molecular weight excluding hydrogens is 277 g/mol. The van der Waals surface area contributed by atoms with Gasteiger partial charge in [0.2, 0.25) is 0 Å². The number of rotatable bonds is 1. The molecule has 1 aromatic heterocycles. The summed E-state index contributed by atoms with van der Waals surface area (Å²) < 4.78 is 1.75. The molecule has 0 N–H and O–H groups in total. The first kappa shape index (κ1) is 12.1. The fourth-order valence-corrected chi connectivity index (χ4v) is 2.34. The third-order valence-corrected chi connectivity index (χ3v) is 3.02. The number of aromatic nitrogens is 1. The monoisotopic (exact) mass is 279 g/mol. The molecule has 0 fully saturated rings. The van der Waals surface area contributed by atoms with Gasteiger partial charge in [-0.2, -0.15) is 0 Å². The van der Waals surface area contributed by atoms with Gasteiger partial charge in [-0.25, -0.2) is 4.98 Å². The fraction of sp³-hybridized carbons (Fsp3) is 0. The molecule has 0 bridgehead atoms. The molecule has 0 saturated heterocycles. The maximum absolute atomic E-state index is 10.5. The van der Waals surface area contributed by atoms with Gasteiger partial charge in [-0.15, -0.1) is 11.3 Å². The number of carbonyl (C=O) groups is 1. The second-order valence-corrected chi connectivity index (χ2v) is 4.36. The van der Waals surface area contributed by atoms with Crippen LogP contribution in [0.1, 0.15) is 9.80 Å². The number of fused-ring (bicyclic) bond motifs is 1. The Balaban J connectivity index is 0.000000980. The van der Waals surface area contributed by atoms with Crippen molar-refractivity contribution in [3.05, 3.63) is 27.7 Å². The Hall–Kier alpha value is 0.0600. The van der Waals surface area contributed by atoms with Crippen LogP contribution in [0.3, 0.4) is 0 Å². The fourth-order valence-electron chi connectivity index (χ4n) is 0.986. The molecule has 0 aliphatic rings. The summed E-state index contributed by atoms with van der Waals surface area (Å²) in [6.45, 7) is 0. The summed E-state index contributed by atoms with van der Waals surface area (Å²) in [5.41, 5.74) is 0.687. The maximum atomic E-state index is 10.5. The molecule has 0 aliphatic heterocycles. The van der Waals surface area contributed by atoms with Gasteiger partial charge in [0, 0.05) is 4.47 Å². The molecule has 2 aromatic rings. The van der Waals surface area contributed by atoms with Gasteiger partial charge in [-0.3, -0.25) is 0 Å². The molecule has 0 spiro atoms. The molecule has 1 heterocycles. The van der Waals surface area contributed by atoms with E-state index in [0.717, 1.165) is 20.5 Å². The number of nitrogens with zero attached hydrogens (tertiary/aromatic N) is 1. The molecular formula is C8H3BrNNaO2S. The Bertz CT molecular complexity index is 485. The van der Waals surface area contributed by atoms with Crippen molar-refractivity contribution in [2.45, 2.75) is 0 Å². The number of benzene rings is 1. The quantitative estimate of drug-likeness (QED) is 0.593. The topological polar surface area (TPSA) is 53.0 Å². The molecule has 66 valence electrons. The van der Waals surface area contributed by atoms with Crippen LogP contribution in [0.2, 0.25) is 0 Å². The van der Waals surface area contributed by atoms with Gasteiger partial charge < -0.3 is 9.90 Å². The van der Waals surface area contributed by atoms with E-state index in [1.165, 1.54) is 0 Å². The van der Waals surface area contributed by atoms with E-state index in [1.54, 1.807) is 6.07 Å². The minimum atomic E-state index is -1.22. The van der Waals surface area contributed by atoms with Crippen molar-refractivity contribution < 1.29 is 39.5 Å². The van der Waals surface area contributed by atoms with E-state index in [0.29, 0.717) is 5.52 Å². The summed E-state index contributed by atoms with van der Waals surface area (Å²) in [5.74, 6) is -1.22. The van der Waals surface area contributed by atoms with E-state index in [1.807, 2.05) is 12.1 Å². The number of carboxylic acids is 1. The van der Waals surface area contributed by atoms with E-state index in [9.17, 15) is 9.90 Å². The van der Waals surface area contributed by atoms with Crippen LogP contribution in [0.4, 0.5) is 0 Å². The molecule has 0 radical (unpaired) electrons. The van der Waals surface area contributed by atoms with Crippen LogP contribution in [0.25, 0.3) is 10.2 Å². The van der Waals surface area contributed by atoms with Crippen molar-refractivity contribution in [2.24, 2.45) is 0 Å². The van der Waals surface area contributed by atoms with Gasteiger partial charge in [0.25, 0.3) is 0 Å². The second kappa shape index (κ2) is 4.72. The summed E-state index contributed by atoms with van der Waals surface area (Å²) in [6.07, 6.45) is 0. The third-order valence-electron chi connectivity index (χ3n) is 1.53. The van der Waals surface area contributed by atoms with Crippen LogP contribution >= 0.6 is 27.3 Å². The minimum absolute atomic E-state index is 0. The van der Waals surface area contributed by atoms with Gasteiger partial charge >= 0.3 is 29.6 Å². The Morgan fingerprint density at radius 2 is 2.21 bits per heavy atom. The molecule has 0 aliphatic carbocycles. The van der Waals surface area contributed by atoms with E-state index in [2.05, 4.69) is 20.9 Å². The van der Waals surface area contributed by atoms with Gasteiger partial charge in [0.1, 0.15) is 11.0 Å². The smallest absolute Gasteiger partial charge is 0.542 e. The van der Waals surface area contributed by atoms with Crippen molar-refractivity contribution in [1.82, 2.24) is 4.98 Å². The van der Waals surface area contributed by atoms with Crippen molar-refractivity contribution >= 4 is 43.5 Å².